The van der Waals surface area contributed by atoms with Gasteiger partial charge in [0.1, 0.15) is 0 Å². The molecule has 0 aliphatic carbocycles. The zero-order valence-electron chi connectivity index (χ0n) is 13.4. The van der Waals surface area contributed by atoms with Crippen LogP contribution in [0.1, 0.15) is 25.2 Å². The molecular formula is C15H23N5S. The van der Waals surface area contributed by atoms with Crippen LogP contribution < -0.4 is 4.90 Å². The molecule has 0 bridgehead atoms. The summed E-state index contributed by atoms with van der Waals surface area (Å²) in [6, 6.07) is 6.44. The first-order chi connectivity index (χ1) is 10.0. The zero-order valence-corrected chi connectivity index (χ0v) is 14.2. The summed E-state index contributed by atoms with van der Waals surface area (Å²) in [6.07, 6.45) is 0. The van der Waals surface area contributed by atoms with Crippen molar-refractivity contribution in [3.63, 3.8) is 0 Å². The molecule has 5 nitrogen and oxygen atoms in total. The van der Waals surface area contributed by atoms with E-state index in [2.05, 4.69) is 41.1 Å². The predicted octanol–water partition coefficient (Wildman–Crippen LogP) is 2.86. The number of hydrogen-bond acceptors (Lipinski definition) is 5. The molecule has 114 valence electrons. The number of aryl methyl sites for hydroxylation is 2. The van der Waals surface area contributed by atoms with Gasteiger partial charge in [-0.15, -0.1) is 10.2 Å². The van der Waals surface area contributed by atoms with E-state index in [4.69, 9.17) is 0 Å². The first kappa shape index (κ1) is 15.8. The van der Waals surface area contributed by atoms with Crippen LogP contribution in [0.5, 0.6) is 0 Å². The van der Waals surface area contributed by atoms with E-state index in [0.29, 0.717) is 6.04 Å². The highest BCUT2D eigenvalue weighted by Gasteiger charge is 2.12. The standard InChI is InChI=1S/C15H23N5S/c1-6-21-10-13(4)19(5)14-7-8-15(17-16-14)20-12(3)9-11(2)18-20/h7-9,13H,6,10H2,1-5H3. The normalized spacial score (nSPS) is 12.4. The summed E-state index contributed by atoms with van der Waals surface area (Å²) in [6.45, 7) is 8.39. The first-order valence-corrected chi connectivity index (χ1v) is 8.36. The van der Waals surface area contributed by atoms with Gasteiger partial charge in [0.2, 0.25) is 0 Å². The Morgan fingerprint density at radius 2 is 2.05 bits per heavy atom. The Bertz CT molecular complexity index is 578. The molecule has 0 amide bonds. The lowest BCUT2D eigenvalue weighted by Crippen LogP contribution is -2.31. The molecule has 1 atom stereocenters. The minimum absolute atomic E-state index is 0.434. The summed E-state index contributed by atoms with van der Waals surface area (Å²) in [5.41, 5.74) is 2.05. The van der Waals surface area contributed by atoms with Crippen molar-refractivity contribution >= 4 is 17.6 Å². The van der Waals surface area contributed by atoms with Crippen molar-refractivity contribution in [2.45, 2.75) is 33.7 Å². The topological polar surface area (TPSA) is 46.8 Å². The predicted molar refractivity (Wildman–Crippen MR) is 89.5 cm³/mol. The van der Waals surface area contributed by atoms with Gasteiger partial charge in [-0.2, -0.15) is 16.9 Å². The minimum Gasteiger partial charge on any atom is -0.355 e. The van der Waals surface area contributed by atoms with Crippen LogP contribution in [0.2, 0.25) is 0 Å². The smallest absolute Gasteiger partial charge is 0.176 e. The monoisotopic (exact) mass is 305 g/mol. The van der Waals surface area contributed by atoms with Crippen LogP contribution in [0.15, 0.2) is 18.2 Å². The van der Waals surface area contributed by atoms with Crippen molar-refractivity contribution in [1.82, 2.24) is 20.0 Å². The van der Waals surface area contributed by atoms with Gasteiger partial charge in [0.15, 0.2) is 11.6 Å². The van der Waals surface area contributed by atoms with Gasteiger partial charge in [0.25, 0.3) is 0 Å². The molecule has 0 fully saturated rings. The van der Waals surface area contributed by atoms with Crippen molar-refractivity contribution in [2.24, 2.45) is 0 Å². The molecule has 0 saturated heterocycles. The molecule has 2 aromatic heterocycles. The Hall–Kier alpha value is -1.56. The zero-order chi connectivity index (χ0) is 15.4. The van der Waals surface area contributed by atoms with Crippen molar-refractivity contribution in [2.75, 3.05) is 23.5 Å². The maximum atomic E-state index is 4.43. The highest BCUT2D eigenvalue weighted by molar-refractivity contribution is 7.99. The molecule has 0 saturated carbocycles. The van der Waals surface area contributed by atoms with Crippen LogP contribution in [-0.4, -0.2) is 44.6 Å². The SMILES string of the molecule is CCSCC(C)N(C)c1ccc(-n2nc(C)cc2C)nn1. The number of nitrogens with zero attached hydrogens (tertiary/aromatic N) is 5. The molecule has 0 radical (unpaired) electrons. The number of hydrogen-bond donors (Lipinski definition) is 0. The maximum Gasteiger partial charge on any atom is 0.176 e. The summed E-state index contributed by atoms with van der Waals surface area (Å²) in [4.78, 5) is 2.17. The molecule has 1 unspecified atom stereocenters. The van der Waals surface area contributed by atoms with Crippen LogP contribution in [-0.2, 0) is 0 Å². The molecule has 2 aromatic rings. The Morgan fingerprint density at radius 1 is 1.29 bits per heavy atom. The van der Waals surface area contributed by atoms with E-state index in [1.807, 2.05) is 48.5 Å². The van der Waals surface area contributed by atoms with E-state index >= 15 is 0 Å². The highest BCUT2D eigenvalue weighted by Crippen LogP contribution is 2.16. The third-order valence-electron chi connectivity index (χ3n) is 3.45. The number of thioether (sulfide) groups is 1. The van der Waals surface area contributed by atoms with Crippen molar-refractivity contribution in [3.05, 3.63) is 29.6 Å². The lowest BCUT2D eigenvalue weighted by atomic mass is 10.3. The van der Waals surface area contributed by atoms with Crippen molar-refractivity contribution < 1.29 is 0 Å². The second-order valence-electron chi connectivity index (χ2n) is 5.21. The Labute approximate surface area is 130 Å². The van der Waals surface area contributed by atoms with Gasteiger partial charge < -0.3 is 4.90 Å². The van der Waals surface area contributed by atoms with Gasteiger partial charge >= 0.3 is 0 Å². The lowest BCUT2D eigenvalue weighted by Gasteiger charge is -2.25. The summed E-state index contributed by atoms with van der Waals surface area (Å²) < 4.78 is 1.82. The van der Waals surface area contributed by atoms with E-state index in [0.717, 1.165) is 34.5 Å². The molecule has 0 spiro atoms. The Balaban J connectivity index is 2.13. The van der Waals surface area contributed by atoms with E-state index in [1.54, 1.807) is 0 Å². The van der Waals surface area contributed by atoms with Crippen LogP contribution in [0.4, 0.5) is 5.82 Å². The average molecular weight is 305 g/mol. The van der Waals surface area contributed by atoms with Gasteiger partial charge in [0, 0.05) is 24.5 Å². The molecule has 0 aromatic carbocycles. The van der Waals surface area contributed by atoms with Gasteiger partial charge in [0.05, 0.1) is 5.69 Å². The van der Waals surface area contributed by atoms with Gasteiger partial charge in [-0.1, -0.05) is 6.92 Å². The second kappa shape index (κ2) is 6.93. The molecule has 21 heavy (non-hydrogen) atoms. The van der Waals surface area contributed by atoms with E-state index in [-0.39, 0.29) is 0 Å². The number of anilines is 1. The molecule has 0 N–H and O–H groups in total. The third kappa shape index (κ3) is 3.75. The molecule has 0 aliphatic rings. The van der Waals surface area contributed by atoms with Crippen LogP contribution in [0.3, 0.4) is 0 Å². The summed E-state index contributed by atoms with van der Waals surface area (Å²) in [5, 5.41) is 13.1. The molecule has 2 heterocycles. The molecule has 6 heteroatoms. The maximum absolute atomic E-state index is 4.43. The first-order valence-electron chi connectivity index (χ1n) is 7.21. The van der Waals surface area contributed by atoms with Crippen molar-refractivity contribution in [3.8, 4) is 5.82 Å². The van der Waals surface area contributed by atoms with Gasteiger partial charge in [-0.25, -0.2) is 4.68 Å². The number of aromatic nitrogens is 4. The van der Waals surface area contributed by atoms with Crippen molar-refractivity contribution in [1.29, 1.82) is 0 Å². The summed E-state index contributed by atoms with van der Waals surface area (Å²) in [7, 11) is 2.06. The van der Waals surface area contributed by atoms with Crippen LogP contribution in [0.25, 0.3) is 5.82 Å². The van der Waals surface area contributed by atoms with Gasteiger partial charge in [-0.3, -0.25) is 0 Å². The number of rotatable bonds is 6. The molecule has 0 aliphatic heterocycles. The fraction of sp³-hybridized carbons (Fsp3) is 0.533. The highest BCUT2D eigenvalue weighted by atomic mass is 32.2. The van der Waals surface area contributed by atoms with Crippen LogP contribution in [0, 0.1) is 13.8 Å². The largest absolute Gasteiger partial charge is 0.355 e. The third-order valence-corrected chi connectivity index (χ3v) is 4.58. The van der Waals surface area contributed by atoms with E-state index < -0.39 is 0 Å². The quantitative estimate of drug-likeness (QED) is 0.821. The fourth-order valence-corrected chi connectivity index (χ4v) is 2.91. The van der Waals surface area contributed by atoms with Gasteiger partial charge in [-0.05, 0) is 44.7 Å². The van der Waals surface area contributed by atoms with Crippen LogP contribution >= 0.6 is 11.8 Å². The minimum atomic E-state index is 0.434. The van der Waals surface area contributed by atoms with E-state index in [9.17, 15) is 0 Å². The second-order valence-corrected chi connectivity index (χ2v) is 6.53. The lowest BCUT2D eigenvalue weighted by molar-refractivity contribution is 0.730. The average Bonchev–Trinajstić information content (AvgIpc) is 2.83. The fourth-order valence-electron chi connectivity index (χ4n) is 2.11. The van der Waals surface area contributed by atoms with E-state index in [1.165, 1.54) is 0 Å². The summed E-state index contributed by atoms with van der Waals surface area (Å²) >= 11 is 1.94. The Kier molecular flexibility index (Phi) is 5.22. The molecule has 2 rings (SSSR count). The molecular weight excluding hydrogens is 282 g/mol. The Morgan fingerprint density at radius 3 is 2.57 bits per heavy atom. The summed E-state index contributed by atoms with van der Waals surface area (Å²) in [5.74, 6) is 3.88.